The van der Waals surface area contributed by atoms with Crippen LogP contribution in [0.25, 0.3) is 0 Å². The van der Waals surface area contributed by atoms with Crippen LogP contribution in [0.2, 0.25) is 0 Å². The average Bonchev–Trinajstić information content (AvgIpc) is 2.52. The van der Waals surface area contributed by atoms with Crippen molar-refractivity contribution in [3.05, 3.63) is 48.0 Å². The van der Waals surface area contributed by atoms with Crippen LogP contribution in [0.1, 0.15) is 24.8 Å². The molecule has 4 nitrogen and oxygen atoms in total. The summed E-state index contributed by atoms with van der Waals surface area (Å²) in [6.45, 7) is 0.184. The molecular weight excluding hydrogens is 266 g/mol. The second-order valence-corrected chi connectivity index (χ2v) is 5.45. The van der Waals surface area contributed by atoms with Crippen LogP contribution in [0.15, 0.2) is 42.5 Å². The first-order valence-corrected chi connectivity index (χ1v) is 7.36. The van der Waals surface area contributed by atoms with Gasteiger partial charge < -0.3 is 10.4 Å². The Morgan fingerprint density at radius 1 is 1.24 bits per heavy atom. The molecule has 0 aromatic heterocycles. The summed E-state index contributed by atoms with van der Waals surface area (Å²) in [6.07, 6.45) is 7.05. The highest BCUT2D eigenvalue weighted by atomic mass is 16.4. The minimum Gasteiger partial charge on any atom is -0.481 e. The molecule has 1 aliphatic carbocycles. The standard InChI is InChI=1S/C17H21NO3/c19-16(14-9-5-2-6-10-14)18-12-15(17(20)21)11-13-7-3-1-4-8-13/h1-5,7-8,14-15H,6,9-12H2,(H,18,19)(H,20,21). The number of allylic oxidation sites excluding steroid dienone is 2. The Morgan fingerprint density at radius 2 is 2.00 bits per heavy atom. The number of carbonyl (C=O) groups excluding carboxylic acids is 1. The molecule has 1 aromatic carbocycles. The Hall–Kier alpha value is -2.10. The van der Waals surface area contributed by atoms with Gasteiger partial charge in [0.2, 0.25) is 5.91 Å². The summed E-state index contributed by atoms with van der Waals surface area (Å²) in [7, 11) is 0. The van der Waals surface area contributed by atoms with Gasteiger partial charge in [-0.15, -0.1) is 0 Å². The van der Waals surface area contributed by atoms with Crippen molar-refractivity contribution in [2.75, 3.05) is 6.54 Å². The molecule has 0 bridgehead atoms. The van der Waals surface area contributed by atoms with Crippen LogP contribution in [0.5, 0.6) is 0 Å². The van der Waals surface area contributed by atoms with Gasteiger partial charge in [-0.05, 0) is 31.2 Å². The third-order valence-corrected chi connectivity index (χ3v) is 3.84. The van der Waals surface area contributed by atoms with Crippen LogP contribution in [0, 0.1) is 11.8 Å². The zero-order valence-electron chi connectivity index (χ0n) is 12.0. The average molecular weight is 287 g/mol. The van der Waals surface area contributed by atoms with E-state index >= 15 is 0 Å². The molecule has 4 heteroatoms. The molecule has 0 saturated carbocycles. The van der Waals surface area contributed by atoms with E-state index in [1.165, 1.54) is 0 Å². The largest absolute Gasteiger partial charge is 0.481 e. The molecule has 2 rings (SSSR count). The van der Waals surface area contributed by atoms with Crippen LogP contribution < -0.4 is 5.32 Å². The van der Waals surface area contributed by atoms with Gasteiger partial charge in [0.05, 0.1) is 5.92 Å². The lowest BCUT2D eigenvalue weighted by molar-refractivity contribution is -0.141. The smallest absolute Gasteiger partial charge is 0.308 e. The molecule has 0 heterocycles. The van der Waals surface area contributed by atoms with E-state index in [0.29, 0.717) is 6.42 Å². The molecule has 1 aliphatic rings. The zero-order chi connectivity index (χ0) is 15.1. The molecule has 0 radical (unpaired) electrons. The van der Waals surface area contributed by atoms with Crippen molar-refractivity contribution in [2.45, 2.75) is 25.7 Å². The highest BCUT2D eigenvalue weighted by molar-refractivity contribution is 5.80. The molecule has 2 N–H and O–H groups in total. The summed E-state index contributed by atoms with van der Waals surface area (Å²) in [5.74, 6) is -1.50. The van der Waals surface area contributed by atoms with Gasteiger partial charge in [0.1, 0.15) is 0 Å². The fraction of sp³-hybridized carbons (Fsp3) is 0.412. The Morgan fingerprint density at radius 3 is 2.62 bits per heavy atom. The monoisotopic (exact) mass is 287 g/mol. The fourth-order valence-corrected chi connectivity index (χ4v) is 2.55. The van der Waals surface area contributed by atoms with Crippen molar-refractivity contribution >= 4 is 11.9 Å². The number of aliphatic carboxylic acids is 1. The van der Waals surface area contributed by atoms with Gasteiger partial charge in [0, 0.05) is 12.5 Å². The molecule has 0 saturated heterocycles. The summed E-state index contributed by atoms with van der Waals surface area (Å²) in [5.41, 5.74) is 0.972. The lowest BCUT2D eigenvalue weighted by atomic mass is 9.93. The van der Waals surface area contributed by atoms with Crippen LogP contribution in [0.4, 0.5) is 0 Å². The topological polar surface area (TPSA) is 66.4 Å². The van der Waals surface area contributed by atoms with Crippen molar-refractivity contribution in [3.8, 4) is 0 Å². The highest BCUT2D eigenvalue weighted by Gasteiger charge is 2.22. The number of hydrogen-bond acceptors (Lipinski definition) is 2. The second kappa shape index (κ2) is 7.62. The highest BCUT2D eigenvalue weighted by Crippen LogP contribution is 2.18. The minimum atomic E-state index is -0.873. The molecule has 2 unspecified atom stereocenters. The van der Waals surface area contributed by atoms with Crippen molar-refractivity contribution in [3.63, 3.8) is 0 Å². The number of carboxylic acids is 1. The van der Waals surface area contributed by atoms with E-state index in [-0.39, 0.29) is 18.4 Å². The summed E-state index contributed by atoms with van der Waals surface area (Å²) < 4.78 is 0. The Labute approximate surface area is 124 Å². The molecule has 0 aliphatic heterocycles. The third-order valence-electron chi connectivity index (χ3n) is 3.84. The number of carbonyl (C=O) groups is 2. The Bertz CT molecular complexity index is 510. The van der Waals surface area contributed by atoms with Gasteiger partial charge in [0.25, 0.3) is 0 Å². The van der Waals surface area contributed by atoms with E-state index < -0.39 is 11.9 Å². The van der Waals surface area contributed by atoms with Gasteiger partial charge in [-0.1, -0.05) is 42.5 Å². The maximum atomic E-state index is 12.0. The Kier molecular flexibility index (Phi) is 5.55. The van der Waals surface area contributed by atoms with Gasteiger partial charge in [-0.3, -0.25) is 9.59 Å². The number of nitrogens with one attached hydrogen (secondary N) is 1. The van der Waals surface area contributed by atoms with E-state index in [1.54, 1.807) is 0 Å². The quantitative estimate of drug-likeness (QED) is 0.790. The van der Waals surface area contributed by atoms with Gasteiger partial charge in [-0.2, -0.15) is 0 Å². The van der Waals surface area contributed by atoms with E-state index in [0.717, 1.165) is 24.8 Å². The van der Waals surface area contributed by atoms with E-state index in [2.05, 4.69) is 11.4 Å². The number of amides is 1. The van der Waals surface area contributed by atoms with E-state index in [9.17, 15) is 14.7 Å². The molecule has 1 amide bonds. The number of carboxylic acid groups (broad SMARTS) is 1. The number of benzene rings is 1. The van der Waals surface area contributed by atoms with Gasteiger partial charge in [-0.25, -0.2) is 0 Å². The van der Waals surface area contributed by atoms with Crippen molar-refractivity contribution < 1.29 is 14.7 Å². The molecule has 112 valence electrons. The summed E-state index contributed by atoms with van der Waals surface area (Å²) in [4.78, 5) is 23.4. The van der Waals surface area contributed by atoms with E-state index in [1.807, 2.05) is 36.4 Å². The summed E-state index contributed by atoms with van der Waals surface area (Å²) in [6, 6.07) is 9.49. The summed E-state index contributed by atoms with van der Waals surface area (Å²) in [5, 5.41) is 12.1. The molecule has 21 heavy (non-hydrogen) atoms. The first-order chi connectivity index (χ1) is 10.2. The molecular formula is C17H21NO3. The van der Waals surface area contributed by atoms with E-state index in [4.69, 9.17) is 0 Å². The SMILES string of the molecule is O=C(O)C(CNC(=O)C1CC=CCC1)Cc1ccccc1. The first kappa shape index (κ1) is 15.3. The maximum absolute atomic E-state index is 12.0. The maximum Gasteiger partial charge on any atom is 0.308 e. The minimum absolute atomic E-state index is 0.0128. The number of hydrogen-bond donors (Lipinski definition) is 2. The molecule has 0 fully saturated rings. The molecule has 1 aromatic rings. The lowest BCUT2D eigenvalue weighted by Crippen LogP contribution is -2.37. The Balaban J connectivity index is 1.86. The third kappa shape index (κ3) is 4.74. The second-order valence-electron chi connectivity index (χ2n) is 5.45. The molecule has 0 spiro atoms. The van der Waals surface area contributed by atoms with Crippen LogP contribution in [-0.2, 0) is 16.0 Å². The van der Waals surface area contributed by atoms with Gasteiger partial charge in [0.15, 0.2) is 0 Å². The normalized spacial score (nSPS) is 19.0. The van der Waals surface area contributed by atoms with Gasteiger partial charge >= 0.3 is 5.97 Å². The van der Waals surface area contributed by atoms with Crippen molar-refractivity contribution in [2.24, 2.45) is 11.8 Å². The zero-order valence-corrected chi connectivity index (χ0v) is 12.0. The predicted octanol–water partition coefficient (Wildman–Crippen LogP) is 2.40. The predicted molar refractivity (Wildman–Crippen MR) is 80.8 cm³/mol. The first-order valence-electron chi connectivity index (χ1n) is 7.36. The summed E-state index contributed by atoms with van der Waals surface area (Å²) >= 11 is 0. The molecule has 2 atom stereocenters. The van der Waals surface area contributed by atoms with Crippen molar-refractivity contribution in [1.82, 2.24) is 5.32 Å². The van der Waals surface area contributed by atoms with Crippen LogP contribution >= 0.6 is 0 Å². The fourth-order valence-electron chi connectivity index (χ4n) is 2.55. The van der Waals surface area contributed by atoms with Crippen molar-refractivity contribution in [1.29, 1.82) is 0 Å². The lowest BCUT2D eigenvalue weighted by Gasteiger charge is -2.19. The van der Waals surface area contributed by atoms with Crippen LogP contribution in [0.3, 0.4) is 0 Å². The van der Waals surface area contributed by atoms with Crippen LogP contribution in [-0.4, -0.2) is 23.5 Å². The number of rotatable bonds is 6.